The number of hydrogen-bond donors (Lipinski definition) is 2. The van der Waals surface area contributed by atoms with Gasteiger partial charge in [-0.3, -0.25) is 9.78 Å². The van der Waals surface area contributed by atoms with E-state index in [9.17, 15) is 4.79 Å². The fourth-order valence-electron chi connectivity index (χ4n) is 2.30. The van der Waals surface area contributed by atoms with E-state index >= 15 is 0 Å². The zero-order valence-corrected chi connectivity index (χ0v) is 12.1. The number of pyridine rings is 1. The van der Waals surface area contributed by atoms with Crippen LogP contribution in [0.15, 0.2) is 18.3 Å². The highest BCUT2D eigenvalue weighted by Crippen LogP contribution is 2.18. The Kier molecular flexibility index (Phi) is 5.31. The maximum Gasteiger partial charge on any atom is 0.269 e. The van der Waals surface area contributed by atoms with Gasteiger partial charge in [-0.05, 0) is 26.1 Å². The summed E-state index contributed by atoms with van der Waals surface area (Å²) in [6.07, 6.45) is 1.86. The first kappa shape index (κ1) is 14.7. The fourth-order valence-corrected chi connectivity index (χ4v) is 2.30. The Morgan fingerprint density at radius 1 is 1.60 bits per heavy atom. The number of likely N-dealkylation sites (N-methyl/N-ethyl adjacent to an activating group) is 1. The molecule has 20 heavy (non-hydrogen) atoms. The zero-order chi connectivity index (χ0) is 14.4. The van der Waals surface area contributed by atoms with E-state index in [1.165, 1.54) is 0 Å². The topological polar surface area (TPSA) is 66.5 Å². The van der Waals surface area contributed by atoms with Crippen LogP contribution in [-0.2, 0) is 4.74 Å². The quantitative estimate of drug-likeness (QED) is 0.808. The number of nitrogens with one attached hydrogen (secondary N) is 2. The Morgan fingerprint density at radius 3 is 3.20 bits per heavy atom. The number of anilines is 1. The summed E-state index contributed by atoms with van der Waals surface area (Å²) in [5.41, 5.74) is 1.48. The van der Waals surface area contributed by atoms with Gasteiger partial charge in [-0.25, -0.2) is 0 Å². The zero-order valence-electron chi connectivity index (χ0n) is 12.1. The number of aromatic nitrogens is 1. The third-order valence-electron chi connectivity index (χ3n) is 3.25. The van der Waals surface area contributed by atoms with Crippen LogP contribution in [0.3, 0.4) is 0 Å². The van der Waals surface area contributed by atoms with Crippen molar-refractivity contribution in [3.8, 4) is 0 Å². The van der Waals surface area contributed by atoms with Crippen molar-refractivity contribution in [2.24, 2.45) is 0 Å². The predicted molar refractivity (Wildman–Crippen MR) is 78.1 cm³/mol. The van der Waals surface area contributed by atoms with Crippen LogP contribution >= 0.6 is 0 Å². The molecule has 0 spiro atoms. The average molecular weight is 278 g/mol. The second kappa shape index (κ2) is 7.21. The lowest BCUT2D eigenvalue weighted by molar-refractivity contribution is 0.0421. The number of rotatable bonds is 5. The van der Waals surface area contributed by atoms with Gasteiger partial charge in [0, 0.05) is 38.1 Å². The van der Waals surface area contributed by atoms with E-state index in [1.807, 2.05) is 26.1 Å². The Hall–Kier alpha value is -1.66. The normalized spacial score (nSPS) is 18.9. The average Bonchev–Trinajstić information content (AvgIpc) is 2.48. The lowest BCUT2D eigenvalue weighted by Crippen LogP contribution is -2.46. The van der Waals surface area contributed by atoms with Crippen LogP contribution in [0.1, 0.15) is 17.4 Å². The van der Waals surface area contributed by atoms with Gasteiger partial charge in [0.15, 0.2) is 0 Å². The Labute approximate surface area is 119 Å². The van der Waals surface area contributed by atoms with Crippen molar-refractivity contribution in [3.05, 3.63) is 24.0 Å². The first-order valence-electron chi connectivity index (χ1n) is 7.00. The second-order valence-electron chi connectivity index (χ2n) is 4.76. The van der Waals surface area contributed by atoms with Gasteiger partial charge in [0.2, 0.25) is 0 Å². The van der Waals surface area contributed by atoms with E-state index in [-0.39, 0.29) is 12.0 Å². The number of nitrogens with zero attached hydrogens (tertiary/aromatic N) is 2. The molecule has 110 valence electrons. The van der Waals surface area contributed by atoms with Crippen LogP contribution in [0.5, 0.6) is 0 Å². The van der Waals surface area contributed by atoms with Crippen LogP contribution in [0, 0.1) is 0 Å². The summed E-state index contributed by atoms with van der Waals surface area (Å²) in [7, 11) is 1.92. The largest absolute Gasteiger partial charge is 0.373 e. The molecule has 0 radical (unpaired) electrons. The Morgan fingerprint density at radius 2 is 2.45 bits per heavy atom. The summed E-state index contributed by atoms with van der Waals surface area (Å²) in [5, 5.41) is 5.89. The summed E-state index contributed by atoms with van der Waals surface area (Å²) in [4.78, 5) is 18.2. The number of amides is 1. The molecule has 1 aliphatic rings. The third-order valence-corrected chi connectivity index (χ3v) is 3.25. The molecular formula is C14H22N4O2. The lowest BCUT2D eigenvalue weighted by Gasteiger charge is -2.34. The SMILES string of the molecule is CCNC(=O)c1cc(N2CCOC(CNC)C2)ccn1. The van der Waals surface area contributed by atoms with Gasteiger partial charge in [0.05, 0.1) is 12.7 Å². The van der Waals surface area contributed by atoms with Gasteiger partial charge in [-0.15, -0.1) is 0 Å². The van der Waals surface area contributed by atoms with Gasteiger partial charge in [-0.2, -0.15) is 0 Å². The molecule has 1 aromatic rings. The third kappa shape index (κ3) is 3.68. The second-order valence-corrected chi connectivity index (χ2v) is 4.76. The molecule has 1 aliphatic heterocycles. The molecule has 0 aliphatic carbocycles. The van der Waals surface area contributed by atoms with E-state index in [1.54, 1.807) is 6.20 Å². The lowest BCUT2D eigenvalue weighted by atomic mass is 10.2. The molecule has 2 heterocycles. The number of morpholine rings is 1. The molecule has 1 fully saturated rings. The summed E-state index contributed by atoms with van der Waals surface area (Å²) in [6, 6.07) is 3.78. The molecule has 2 rings (SSSR count). The molecule has 1 unspecified atom stereocenters. The molecule has 1 atom stereocenters. The number of carbonyl (C=O) groups excluding carboxylic acids is 1. The molecule has 1 amide bonds. The number of ether oxygens (including phenoxy) is 1. The highest BCUT2D eigenvalue weighted by Gasteiger charge is 2.20. The van der Waals surface area contributed by atoms with Crippen molar-refractivity contribution in [1.82, 2.24) is 15.6 Å². The highest BCUT2D eigenvalue weighted by atomic mass is 16.5. The molecular weight excluding hydrogens is 256 g/mol. The maximum atomic E-state index is 11.8. The van der Waals surface area contributed by atoms with E-state index in [0.717, 1.165) is 25.3 Å². The minimum Gasteiger partial charge on any atom is -0.373 e. The molecule has 2 N–H and O–H groups in total. The summed E-state index contributed by atoms with van der Waals surface area (Å²) in [5.74, 6) is -0.130. The highest BCUT2D eigenvalue weighted by molar-refractivity contribution is 5.93. The van der Waals surface area contributed by atoms with Crippen LogP contribution in [0.4, 0.5) is 5.69 Å². The first-order valence-corrected chi connectivity index (χ1v) is 7.00. The van der Waals surface area contributed by atoms with Crippen LogP contribution < -0.4 is 15.5 Å². The van der Waals surface area contributed by atoms with Crippen LogP contribution in [0.2, 0.25) is 0 Å². The van der Waals surface area contributed by atoms with Crippen molar-refractivity contribution in [2.75, 3.05) is 44.7 Å². The minimum absolute atomic E-state index is 0.130. The van der Waals surface area contributed by atoms with Crippen molar-refractivity contribution in [3.63, 3.8) is 0 Å². The van der Waals surface area contributed by atoms with Crippen molar-refractivity contribution in [1.29, 1.82) is 0 Å². The molecule has 1 saturated heterocycles. The smallest absolute Gasteiger partial charge is 0.269 e. The molecule has 6 heteroatoms. The van der Waals surface area contributed by atoms with Crippen molar-refractivity contribution < 1.29 is 9.53 Å². The first-order chi connectivity index (χ1) is 9.74. The Balaban J connectivity index is 2.08. The maximum absolute atomic E-state index is 11.8. The fraction of sp³-hybridized carbons (Fsp3) is 0.571. The minimum atomic E-state index is -0.130. The summed E-state index contributed by atoms with van der Waals surface area (Å²) < 4.78 is 5.69. The monoisotopic (exact) mass is 278 g/mol. The van der Waals surface area contributed by atoms with E-state index in [0.29, 0.717) is 18.8 Å². The summed E-state index contributed by atoms with van der Waals surface area (Å²) >= 11 is 0. The standard InChI is InChI=1S/C14H22N4O2/c1-3-16-14(19)13-8-11(4-5-17-13)18-6-7-20-12(10-18)9-15-2/h4-5,8,12,15H,3,6-7,9-10H2,1-2H3,(H,16,19). The van der Waals surface area contributed by atoms with E-state index in [2.05, 4.69) is 20.5 Å². The number of hydrogen-bond acceptors (Lipinski definition) is 5. The molecule has 6 nitrogen and oxygen atoms in total. The molecule has 0 aromatic carbocycles. The van der Waals surface area contributed by atoms with Crippen molar-refractivity contribution >= 4 is 11.6 Å². The van der Waals surface area contributed by atoms with Gasteiger partial charge >= 0.3 is 0 Å². The number of carbonyl (C=O) groups is 1. The molecule has 0 saturated carbocycles. The van der Waals surface area contributed by atoms with E-state index in [4.69, 9.17) is 4.74 Å². The van der Waals surface area contributed by atoms with Gasteiger partial charge in [0.25, 0.3) is 5.91 Å². The van der Waals surface area contributed by atoms with Crippen molar-refractivity contribution in [2.45, 2.75) is 13.0 Å². The summed E-state index contributed by atoms with van der Waals surface area (Å²) in [6.45, 7) is 5.67. The van der Waals surface area contributed by atoms with E-state index < -0.39 is 0 Å². The van der Waals surface area contributed by atoms with Gasteiger partial charge in [-0.1, -0.05) is 0 Å². The van der Waals surface area contributed by atoms with Crippen LogP contribution in [0.25, 0.3) is 0 Å². The molecule has 0 bridgehead atoms. The Bertz CT molecular complexity index is 451. The molecule has 1 aromatic heterocycles. The predicted octanol–water partition coefficient (Wildman–Crippen LogP) is 0.256. The van der Waals surface area contributed by atoms with Gasteiger partial charge in [0.1, 0.15) is 5.69 Å². The van der Waals surface area contributed by atoms with Crippen LogP contribution in [-0.4, -0.2) is 56.8 Å². The van der Waals surface area contributed by atoms with Gasteiger partial charge < -0.3 is 20.3 Å².